The normalized spacial score (nSPS) is 32.7. The van der Waals surface area contributed by atoms with Gasteiger partial charge >= 0.3 is 6.09 Å². The van der Waals surface area contributed by atoms with Gasteiger partial charge in [0.15, 0.2) is 0 Å². The van der Waals surface area contributed by atoms with E-state index in [0.717, 1.165) is 10.5 Å². The summed E-state index contributed by atoms with van der Waals surface area (Å²) in [4.78, 5) is 26.1. The quantitative estimate of drug-likeness (QED) is 0.807. The Hall–Kier alpha value is -2.73. The van der Waals surface area contributed by atoms with Crippen molar-refractivity contribution in [2.45, 2.75) is 29.8 Å². The highest BCUT2D eigenvalue weighted by Gasteiger charge is 2.70. The van der Waals surface area contributed by atoms with Crippen molar-refractivity contribution in [3.8, 4) is 6.07 Å². The van der Waals surface area contributed by atoms with Crippen molar-refractivity contribution in [1.82, 2.24) is 15.1 Å². The van der Waals surface area contributed by atoms with E-state index in [9.17, 15) is 23.5 Å². The minimum atomic E-state index is -3.04. The van der Waals surface area contributed by atoms with Gasteiger partial charge in [-0.2, -0.15) is 5.26 Å². The summed E-state index contributed by atoms with van der Waals surface area (Å²) in [5.41, 5.74) is 0.583. The van der Waals surface area contributed by atoms with Crippen LogP contribution in [0.25, 0.3) is 0 Å². The fourth-order valence-corrected chi connectivity index (χ4v) is 4.82. The third-order valence-electron chi connectivity index (χ3n) is 6.17. The third kappa shape index (κ3) is 2.88. The average molecular weight is 390 g/mol. The molecule has 7 nitrogen and oxygen atoms in total. The lowest BCUT2D eigenvalue weighted by molar-refractivity contribution is -0.131. The number of nitriles is 1. The van der Waals surface area contributed by atoms with Gasteiger partial charge in [0, 0.05) is 36.9 Å². The SMILES string of the molecule is N#CC1CC(F)(F)CN1C(=O)CNC1C2CN(C(=O)O)CC21c1ccccc1. The topological polar surface area (TPSA) is 96.7 Å². The van der Waals surface area contributed by atoms with E-state index in [1.807, 2.05) is 30.3 Å². The largest absolute Gasteiger partial charge is 0.465 e. The van der Waals surface area contributed by atoms with E-state index in [1.165, 1.54) is 4.90 Å². The van der Waals surface area contributed by atoms with Crippen molar-refractivity contribution in [3.05, 3.63) is 35.9 Å². The molecule has 4 unspecified atom stereocenters. The standard InChI is InChI=1S/C19H20F2N4O3/c20-18(21)6-13(7-22)25(10-18)15(26)8-23-16-14-9-24(17(27)28)11-19(14,16)12-4-2-1-3-5-12/h1-5,13-14,16,23H,6,8-11H2,(H,27,28). The van der Waals surface area contributed by atoms with Crippen LogP contribution in [0, 0.1) is 17.2 Å². The van der Waals surface area contributed by atoms with Crippen LogP contribution in [0.4, 0.5) is 13.6 Å². The minimum absolute atomic E-state index is 0.0191. The second-order valence-electron chi connectivity index (χ2n) is 7.76. The highest BCUT2D eigenvalue weighted by Crippen LogP contribution is 2.59. The van der Waals surface area contributed by atoms with Crippen LogP contribution < -0.4 is 5.32 Å². The molecule has 0 aromatic heterocycles. The Kier molecular flexibility index (Phi) is 4.27. The zero-order chi connectivity index (χ0) is 20.1. The van der Waals surface area contributed by atoms with E-state index >= 15 is 0 Å². The maximum Gasteiger partial charge on any atom is 0.407 e. The first-order chi connectivity index (χ1) is 13.3. The molecular weight excluding hydrogens is 370 g/mol. The van der Waals surface area contributed by atoms with Crippen LogP contribution in [0.1, 0.15) is 12.0 Å². The Morgan fingerprint density at radius 3 is 2.64 bits per heavy atom. The van der Waals surface area contributed by atoms with Crippen LogP contribution in [-0.2, 0) is 10.2 Å². The molecule has 3 aliphatic rings. The molecule has 4 rings (SSSR count). The number of halogens is 2. The van der Waals surface area contributed by atoms with Gasteiger partial charge in [-0.3, -0.25) is 4.79 Å². The number of carbonyl (C=O) groups is 2. The van der Waals surface area contributed by atoms with Gasteiger partial charge in [-0.05, 0) is 5.56 Å². The van der Waals surface area contributed by atoms with E-state index in [0.29, 0.717) is 13.1 Å². The summed E-state index contributed by atoms with van der Waals surface area (Å²) in [6, 6.07) is 10.1. The number of alkyl halides is 2. The van der Waals surface area contributed by atoms with E-state index < -0.39 is 42.3 Å². The number of piperidine rings is 1. The molecule has 28 heavy (non-hydrogen) atoms. The molecule has 2 aliphatic heterocycles. The van der Waals surface area contributed by atoms with E-state index in [2.05, 4.69) is 5.32 Å². The van der Waals surface area contributed by atoms with Crippen LogP contribution in [0.5, 0.6) is 0 Å². The molecule has 9 heteroatoms. The Morgan fingerprint density at radius 1 is 1.29 bits per heavy atom. The van der Waals surface area contributed by atoms with Gasteiger partial charge in [-0.1, -0.05) is 30.3 Å². The first kappa shape index (κ1) is 18.6. The van der Waals surface area contributed by atoms with Crippen molar-refractivity contribution in [3.63, 3.8) is 0 Å². The fraction of sp³-hybridized carbons (Fsp3) is 0.526. The summed E-state index contributed by atoms with van der Waals surface area (Å²) >= 11 is 0. The number of hydrogen-bond acceptors (Lipinski definition) is 4. The summed E-state index contributed by atoms with van der Waals surface area (Å²) < 4.78 is 27.1. The molecule has 3 fully saturated rings. The number of carbonyl (C=O) groups excluding carboxylic acids is 1. The van der Waals surface area contributed by atoms with Gasteiger partial charge in [0.1, 0.15) is 6.04 Å². The van der Waals surface area contributed by atoms with Crippen molar-refractivity contribution >= 4 is 12.0 Å². The van der Waals surface area contributed by atoms with Gasteiger partial charge in [0.05, 0.1) is 19.2 Å². The van der Waals surface area contributed by atoms with Crippen LogP contribution in [0.15, 0.2) is 30.3 Å². The second kappa shape index (κ2) is 6.41. The molecule has 2 amide bonds. The summed E-state index contributed by atoms with van der Waals surface area (Å²) in [5, 5.41) is 21.5. The van der Waals surface area contributed by atoms with Gasteiger partial charge in [0.2, 0.25) is 5.91 Å². The third-order valence-corrected chi connectivity index (χ3v) is 6.17. The van der Waals surface area contributed by atoms with Crippen LogP contribution in [-0.4, -0.2) is 71.1 Å². The molecule has 2 N–H and O–H groups in total. The van der Waals surface area contributed by atoms with Gasteiger partial charge in [-0.25, -0.2) is 13.6 Å². The lowest BCUT2D eigenvalue weighted by Crippen LogP contribution is -2.45. The number of rotatable bonds is 4. The zero-order valence-electron chi connectivity index (χ0n) is 15.0. The lowest BCUT2D eigenvalue weighted by Gasteiger charge is -2.24. The van der Waals surface area contributed by atoms with Crippen molar-refractivity contribution < 1.29 is 23.5 Å². The maximum atomic E-state index is 13.6. The lowest BCUT2D eigenvalue weighted by atomic mass is 9.94. The number of hydrogen-bond donors (Lipinski definition) is 2. The minimum Gasteiger partial charge on any atom is -0.465 e. The number of fused-ring (bicyclic) bond motifs is 1. The number of likely N-dealkylation sites (tertiary alicyclic amines) is 2. The second-order valence-corrected chi connectivity index (χ2v) is 7.76. The average Bonchev–Trinajstić information content (AvgIpc) is 2.95. The predicted octanol–water partition coefficient (Wildman–Crippen LogP) is 1.27. The van der Waals surface area contributed by atoms with E-state index in [4.69, 9.17) is 5.26 Å². The molecule has 4 atom stereocenters. The number of nitrogens with zero attached hydrogens (tertiary/aromatic N) is 3. The molecule has 2 heterocycles. The Labute approximate surface area is 160 Å². The van der Waals surface area contributed by atoms with Gasteiger partial charge in [-0.15, -0.1) is 0 Å². The van der Waals surface area contributed by atoms with Gasteiger partial charge in [0.25, 0.3) is 5.92 Å². The number of nitrogens with one attached hydrogen (secondary N) is 1. The summed E-state index contributed by atoms with van der Waals surface area (Å²) in [5.74, 6) is -3.56. The molecule has 1 aromatic carbocycles. The van der Waals surface area contributed by atoms with Crippen molar-refractivity contribution in [2.75, 3.05) is 26.2 Å². The summed E-state index contributed by atoms with van der Waals surface area (Å²) in [6.07, 6.45) is -1.61. The summed E-state index contributed by atoms with van der Waals surface area (Å²) in [7, 11) is 0. The van der Waals surface area contributed by atoms with E-state index in [1.54, 1.807) is 6.07 Å². The molecule has 1 aliphatic carbocycles. The van der Waals surface area contributed by atoms with E-state index in [-0.39, 0.29) is 18.5 Å². The highest BCUT2D eigenvalue weighted by atomic mass is 19.3. The zero-order valence-corrected chi connectivity index (χ0v) is 15.0. The number of carboxylic acid groups (broad SMARTS) is 1. The van der Waals surface area contributed by atoms with Crippen molar-refractivity contribution in [1.29, 1.82) is 5.26 Å². The van der Waals surface area contributed by atoms with Crippen LogP contribution in [0.2, 0.25) is 0 Å². The monoisotopic (exact) mass is 390 g/mol. The molecular formula is C19H20F2N4O3. The number of amides is 2. The Morgan fingerprint density at radius 2 is 2.00 bits per heavy atom. The van der Waals surface area contributed by atoms with Crippen molar-refractivity contribution in [2.24, 2.45) is 5.92 Å². The smallest absolute Gasteiger partial charge is 0.407 e. The fourth-order valence-electron chi connectivity index (χ4n) is 4.82. The predicted molar refractivity (Wildman–Crippen MR) is 93.7 cm³/mol. The summed E-state index contributed by atoms with van der Waals surface area (Å²) in [6.45, 7) is -0.211. The Balaban J connectivity index is 1.45. The first-order valence-corrected chi connectivity index (χ1v) is 9.12. The molecule has 0 bridgehead atoms. The number of benzene rings is 1. The van der Waals surface area contributed by atoms with Gasteiger partial charge < -0.3 is 20.2 Å². The molecule has 0 radical (unpaired) electrons. The first-order valence-electron chi connectivity index (χ1n) is 9.12. The highest BCUT2D eigenvalue weighted by molar-refractivity contribution is 5.79. The maximum absolute atomic E-state index is 13.6. The Bertz CT molecular complexity index is 843. The van der Waals surface area contributed by atoms with Crippen LogP contribution in [0.3, 0.4) is 0 Å². The molecule has 1 aromatic rings. The molecule has 148 valence electrons. The molecule has 0 spiro atoms. The molecule has 1 saturated carbocycles. The molecule has 2 saturated heterocycles. The van der Waals surface area contributed by atoms with Crippen LogP contribution >= 0.6 is 0 Å².